The lowest BCUT2D eigenvalue weighted by Crippen LogP contribution is -2.50. The van der Waals surface area contributed by atoms with Gasteiger partial charge < -0.3 is 14.5 Å². The van der Waals surface area contributed by atoms with Crippen LogP contribution in [0.15, 0.2) is 24.3 Å². The SMILES string of the molecule is CCOC(=O)N1CCN(C(=O)/C=C/c2ccc(C)cc2C)CC1. The van der Waals surface area contributed by atoms with Crippen molar-refractivity contribution in [2.45, 2.75) is 20.8 Å². The summed E-state index contributed by atoms with van der Waals surface area (Å²) < 4.78 is 4.97. The molecule has 5 nitrogen and oxygen atoms in total. The molecule has 0 bridgehead atoms. The van der Waals surface area contributed by atoms with Crippen molar-refractivity contribution in [3.63, 3.8) is 0 Å². The van der Waals surface area contributed by atoms with Gasteiger partial charge in [-0.25, -0.2) is 4.79 Å². The van der Waals surface area contributed by atoms with Crippen LogP contribution < -0.4 is 0 Å². The molecule has 124 valence electrons. The van der Waals surface area contributed by atoms with Crippen LogP contribution in [0.5, 0.6) is 0 Å². The van der Waals surface area contributed by atoms with Gasteiger partial charge in [-0.15, -0.1) is 0 Å². The largest absolute Gasteiger partial charge is 0.450 e. The summed E-state index contributed by atoms with van der Waals surface area (Å²) in [4.78, 5) is 27.3. The van der Waals surface area contributed by atoms with E-state index < -0.39 is 0 Å². The predicted molar refractivity (Wildman–Crippen MR) is 90.1 cm³/mol. The number of aryl methyl sites for hydroxylation is 2. The van der Waals surface area contributed by atoms with E-state index in [9.17, 15) is 9.59 Å². The summed E-state index contributed by atoms with van der Waals surface area (Å²) in [6.45, 7) is 8.35. The molecule has 0 unspecified atom stereocenters. The molecule has 0 aliphatic carbocycles. The number of hydrogen-bond acceptors (Lipinski definition) is 3. The zero-order valence-electron chi connectivity index (χ0n) is 14.0. The van der Waals surface area contributed by atoms with Crippen LogP contribution in [0.1, 0.15) is 23.6 Å². The zero-order valence-corrected chi connectivity index (χ0v) is 14.0. The number of benzene rings is 1. The predicted octanol–water partition coefficient (Wildman–Crippen LogP) is 2.62. The third-order valence-corrected chi connectivity index (χ3v) is 3.95. The molecular weight excluding hydrogens is 292 g/mol. The fraction of sp³-hybridized carbons (Fsp3) is 0.444. The van der Waals surface area contributed by atoms with E-state index in [-0.39, 0.29) is 12.0 Å². The van der Waals surface area contributed by atoms with Gasteiger partial charge in [0, 0.05) is 32.3 Å². The van der Waals surface area contributed by atoms with Crippen LogP contribution >= 0.6 is 0 Å². The summed E-state index contributed by atoms with van der Waals surface area (Å²) in [5.41, 5.74) is 3.41. The Hall–Kier alpha value is -2.30. The van der Waals surface area contributed by atoms with Crippen molar-refractivity contribution in [2.24, 2.45) is 0 Å². The highest BCUT2D eigenvalue weighted by atomic mass is 16.6. The third-order valence-electron chi connectivity index (χ3n) is 3.95. The molecule has 0 aromatic heterocycles. The van der Waals surface area contributed by atoms with Gasteiger partial charge in [-0.1, -0.05) is 23.8 Å². The van der Waals surface area contributed by atoms with E-state index in [1.54, 1.807) is 22.8 Å². The van der Waals surface area contributed by atoms with Crippen molar-refractivity contribution in [2.75, 3.05) is 32.8 Å². The van der Waals surface area contributed by atoms with Crippen molar-refractivity contribution in [1.82, 2.24) is 9.80 Å². The molecule has 1 aromatic rings. The van der Waals surface area contributed by atoms with Crippen molar-refractivity contribution < 1.29 is 14.3 Å². The smallest absolute Gasteiger partial charge is 0.409 e. The lowest BCUT2D eigenvalue weighted by Gasteiger charge is -2.33. The fourth-order valence-corrected chi connectivity index (χ4v) is 2.60. The van der Waals surface area contributed by atoms with Gasteiger partial charge >= 0.3 is 6.09 Å². The Balaban J connectivity index is 1.90. The number of amides is 2. The fourth-order valence-electron chi connectivity index (χ4n) is 2.60. The summed E-state index contributed by atoms with van der Waals surface area (Å²) in [5, 5.41) is 0. The summed E-state index contributed by atoms with van der Waals surface area (Å²) in [7, 11) is 0. The Morgan fingerprint density at radius 1 is 1.13 bits per heavy atom. The van der Waals surface area contributed by atoms with E-state index in [1.807, 2.05) is 25.1 Å². The van der Waals surface area contributed by atoms with Gasteiger partial charge in [0.1, 0.15) is 0 Å². The Kier molecular flexibility index (Phi) is 5.79. The maximum Gasteiger partial charge on any atom is 0.409 e. The molecule has 0 radical (unpaired) electrons. The summed E-state index contributed by atoms with van der Waals surface area (Å²) in [5.74, 6) is -0.0199. The highest BCUT2D eigenvalue weighted by Crippen LogP contribution is 2.13. The highest BCUT2D eigenvalue weighted by Gasteiger charge is 2.23. The van der Waals surface area contributed by atoms with Gasteiger partial charge in [0.25, 0.3) is 0 Å². The molecule has 1 saturated heterocycles. The van der Waals surface area contributed by atoms with Crippen LogP contribution in [-0.2, 0) is 9.53 Å². The van der Waals surface area contributed by atoms with Gasteiger partial charge in [-0.05, 0) is 38.0 Å². The number of carbonyl (C=O) groups excluding carboxylic acids is 2. The summed E-state index contributed by atoms with van der Waals surface area (Å²) in [6.07, 6.45) is 3.16. The Morgan fingerprint density at radius 2 is 1.78 bits per heavy atom. The van der Waals surface area contributed by atoms with Crippen LogP contribution in [0, 0.1) is 13.8 Å². The van der Waals surface area contributed by atoms with Crippen LogP contribution in [0.2, 0.25) is 0 Å². The number of piperazine rings is 1. The maximum atomic E-state index is 12.3. The molecule has 0 saturated carbocycles. The van der Waals surface area contributed by atoms with E-state index in [0.29, 0.717) is 32.8 Å². The first-order valence-electron chi connectivity index (χ1n) is 7.97. The number of hydrogen-bond donors (Lipinski definition) is 0. The summed E-state index contributed by atoms with van der Waals surface area (Å²) in [6, 6.07) is 6.16. The standard InChI is InChI=1S/C18H24N2O3/c1-4-23-18(22)20-11-9-19(10-12-20)17(21)8-7-16-6-5-14(2)13-15(16)3/h5-8,13H,4,9-12H2,1-3H3/b8-7+. The van der Waals surface area contributed by atoms with E-state index >= 15 is 0 Å². The van der Waals surface area contributed by atoms with Gasteiger partial charge in [0.05, 0.1) is 6.61 Å². The van der Waals surface area contributed by atoms with Crippen molar-refractivity contribution >= 4 is 18.1 Å². The molecule has 23 heavy (non-hydrogen) atoms. The van der Waals surface area contributed by atoms with Crippen LogP contribution in [0.4, 0.5) is 4.79 Å². The second kappa shape index (κ2) is 7.81. The topological polar surface area (TPSA) is 49.9 Å². The van der Waals surface area contributed by atoms with Gasteiger partial charge in [0.2, 0.25) is 5.91 Å². The molecule has 0 N–H and O–H groups in total. The van der Waals surface area contributed by atoms with Gasteiger partial charge in [-0.3, -0.25) is 4.79 Å². The number of nitrogens with zero attached hydrogens (tertiary/aromatic N) is 2. The van der Waals surface area contributed by atoms with Crippen LogP contribution in [0.25, 0.3) is 6.08 Å². The lowest BCUT2D eigenvalue weighted by atomic mass is 10.1. The maximum absolute atomic E-state index is 12.3. The second-order valence-electron chi connectivity index (χ2n) is 5.70. The Labute approximate surface area is 137 Å². The molecule has 1 aliphatic heterocycles. The van der Waals surface area contributed by atoms with E-state index in [2.05, 4.69) is 13.0 Å². The molecule has 1 heterocycles. The molecular formula is C18H24N2O3. The molecule has 1 aromatic carbocycles. The van der Waals surface area contributed by atoms with Crippen molar-refractivity contribution in [1.29, 1.82) is 0 Å². The molecule has 0 atom stereocenters. The number of carbonyl (C=O) groups is 2. The first-order valence-corrected chi connectivity index (χ1v) is 7.97. The average Bonchev–Trinajstić information content (AvgIpc) is 2.54. The number of ether oxygens (including phenoxy) is 1. The highest BCUT2D eigenvalue weighted by molar-refractivity contribution is 5.92. The molecule has 1 fully saturated rings. The minimum atomic E-state index is -0.301. The van der Waals surface area contributed by atoms with Crippen molar-refractivity contribution in [3.05, 3.63) is 41.0 Å². The molecule has 0 spiro atoms. The monoisotopic (exact) mass is 316 g/mol. The first kappa shape index (κ1) is 17.1. The quantitative estimate of drug-likeness (QED) is 0.806. The summed E-state index contributed by atoms with van der Waals surface area (Å²) >= 11 is 0. The lowest BCUT2D eigenvalue weighted by molar-refractivity contribution is -0.127. The molecule has 2 rings (SSSR count). The molecule has 2 amide bonds. The molecule has 5 heteroatoms. The van der Waals surface area contributed by atoms with Crippen LogP contribution in [-0.4, -0.2) is 54.6 Å². The third kappa shape index (κ3) is 4.58. The van der Waals surface area contributed by atoms with E-state index in [1.165, 1.54) is 5.56 Å². The van der Waals surface area contributed by atoms with Crippen molar-refractivity contribution in [3.8, 4) is 0 Å². The average molecular weight is 316 g/mol. The minimum Gasteiger partial charge on any atom is -0.450 e. The van der Waals surface area contributed by atoms with E-state index in [0.717, 1.165) is 11.1 Å². The first-order chi connectivity index (χ1) is 11.0. The van der Waals surface area contributed by atoms with Gasteiger partial charge in [-0.2, -0.15) is 0 Å². The Bertz CT molecular complexity index is 602. The second-order valence-corrected chi connectivity index (χ2v) is 5.70. The number of rotatable bonds is 3. The minimum absolute atomic E-state index is 0.0199. The normalized spacial score (nSPS) is 15.1. The van der Waals surface area contributed by atoms with Gasteiger partial charge in [0.15, 0.2) is 0 Å². The molecule has 1 aliphatic rings. The zero-order chi connectivity index (χ0) is 16.8. The Morgan fingerprint density at radius 3 is 2.39 bits per heavy atom. The van der Waals surface area contributed by atoms with Crippen LogP contribution in [0.3, 0.4) is 0 Å². The van der Waals surface area contributed by atoms with E-state index in [4.69, 9.17) is 4.74 Å².